The van der Waals surface area contributed by atoms with E-state index in [0.717, 1.165) is 4.68 Å². The number of hydrogen-bond donors (Lipinski definition) is 3. The molecule has 0 saturated heterocycles. The molecular weight excluding hydrogens is 388 g/mol. The summed E-state index contributed by atoms with van der Waals surface area (Å²) in [5, 5.41) is 8.23. The van der Waals surface area contributed by atoms with Gasteiger partial charge >= 0.3 is 0 Å². The topological polar surface area (TPSA) is 126 Å². The first-order valence-electron chi connectivity index (χ1n) is 8.98. The van der Waals surface area contributed by atoms with Crippen molar-refractivity contribution in [2.75, 3.05) is 10.6 Å². The number of furan rings is 1. The van der Waals surface area contributed by atoms with Crippen LogP contribution in [-0.2, 0) is 11.3 Å². The molecule has 0 bridgehead atoms. The summed E-state index contributed by atoms with van der Waals surface area (Å²) in [6, 6.07) is 16.0. The second-order valence-corrected chi connectivity index (χ2v) is 6.43. The highest BCUT2D eigenvalue weighted by Gasteiger charge is 2.11. The van der Waals surface area contributed by atoms with Crippen LogP contribution in [0.3, 0.4) is 0 Å². The lowest BCUT2D eigenvalue weighted by molar-refractivity contribution is -0.117. The number of aromatic nitrogens is 2. The molecule has 9 nitrogen and oxygen atoms in total. The maximum atomic E-state index is 12.5. The molecule has 0 aliphatic heterocycles. The van der Waals surface area contributed by atoms with Crippen molar-refractivity contribution in [3.05, 3.63) is 93.4 Å². The van der Waals surface area contributed by atoms with Crippen LogP contribution < -0.4 is 21.8 Å². The fraction of sp³-hybridized carbons (Fsp3) is 0.0476. The van der Waals surface area contributed by atoms with E-state index in [1.807, 2.05) is 0 Å². The molecule has 30 heavy (non-hydrogen) atoms. The lowest BCUT2D eigenvalue weighted by Crippen LogP contribution is -2.34. The van der Waals surface area contributed by atoms with Gasteiger partial charge in [-0.15, -0.1) is 0 Å². The minimum Gasteiger partial charge on any atom is -0.459 e. The number of H-pyrrole nitrogens is 1. The van der Waals surface area contributed by atoms with Gasteiger partial charge in [0.2, 0.25) is 5.91 Å². The molecule has 3 N–H and O–H groups in total. The third kappa shape index (κ3) is 3.90. The number of rotatable bonds is 5. The zero-order valence-corrected chi connectivity index (χ0v) is 15.5. The van der Waals surface area contributed by atoms with E-state index in [-0.39, 0.29) is 23.1 Å². The summed E-state index contributed by atoms with van der Waals surface area (Å²) in [6.07, 6.45) is 1.40. The van der Waals surface area contributed by atoms with Gasteiger partial charge in [-0.1, -0.05) is 12.1 Å². The summed E-state index contributed by atoms with van der Waals surface area (Å²) in [6.45, 7) is -0.351. The molecule has 0 unspecified atom stereocenters. The monoisotopic (exact) mass is 404 g/mol. The molecule has 0 radical (unpaired) electrons. The molecule has 2 aromatic carbocycles. The molecule has 0 atom stereocenters. The average Bonchev–Trinajstić information content (AvgIpc) is 3.28. The van der Waals surface area contributed by atoms with Crippen molar-refractivity contribution in [2.45, 2.75) is 6.54 Å². The predicted octanol–water partition coefficient (Wildman–Crippen LogP) is 2.17. The SMILES string of the molecule is O=C(Cn1[nH]c(=O)c2ccccc2c1=O)Nc1ccc(NC(=O)c2ccco2)cc1. The van der Waals surface area contributed by atoms with Crippen molar-refractivity contribution in [1.82, 2.24) is 9.78 Å². The van der Waals surface area contributed by atoms with Gasteiger partial charge in [-0.2, -0.15) is 0 Å². The van der Waals surface area contributed by atoms with E-state index in [9.17, 15) is 19.2 Å². The summed E-state index contributed by atoms with van der Waals surface area (Å²) < 4.78 is 5.99. The van der Waals surface area contributed by atoms with Gasteiger partial charge in [0.15, 0.2) is 5.76 Å². The van der Waals surface area contributed by atoms with Gasteiger partial charge in [0, 0.05) is 11.4 Å². The Balaban J connectivity index is 1.44. The van der Waals surface area contributed by atoms with Crippen molar-refractivity contribution < 1.29 is 14.0 Å². The van der Waals surface area contributed by atoms with Crippen LogP contribution in [0.15, 0.2) is 80.9 Å². The first kappa shape index (κ1) is 18.9. The summed E-state index contributed by atoms with van der Waals surface area (Å²) in [5.41, 5.74) is 0.0719. The van der Waals surface area contributed by atoms with Crippen LogP contribution in [0.4, 0.5) is 11.4 Å². The van der Waals surface area contributed by atoms with Gasteiger partial charge in [0.25, 0.3) is 17.0 Å². The van der Waals surface area contributed by atoms with E-state index in [4.69, 9.17) is 4.42 Å². The quantitative estimate of drug-likeness (QED) is 0.470. The minimum atomic E-state index is -0.490. The third-order valence-electron chi connectivity index (χ3n) is 4.36. The molecule has 0 aliphatic rings. The summed E-state index contributed by atoms with van der Waals surface area (Å²) in [7, 11) is 0. The number of carbonyl (C=O) groups is 2. The van der Waals surface area contributed by atoms with Crippen molar-refractivity contribution in [3.8, 4) is 0 Å². The van der Waals surface area contributed by atoms with Gasteiger partial charge in [0.1, 0.15) is 6.54 Å². The van der Waals surface area contributed by atoms with E-state index in [2.05, 4.69) is 15.7 Å². The molecule has 150 valence electrons. The predicted molar refractivity (Wildman–Crippen MR) is 111 cm³/mol. The van der Waals surface area contributed by atoms with Crippen molar-refractivity contribution in [3.63, 3.8) is 0 Å². The zero-order chi connectivity index (χ0) is 21.1. The second kappa shape index (κ2) is 7.92. The van der Waals surface area contributed by atoms with Crippen LogP contribution in [-0.4, -0.2) is 21.6 Å². The fourth-order valence-corrected chi connectivity index (χ4v) is 2.94. The molecule has 9 heteroatoms. The number of fused-ring (bicyclic) bond motifs is 1. The number of carbonyl (C=O) groups excluding carboxylic acids is 2. The number of nitrogens with one attached hydrogen (secondary N) is 3. The molecule has 2 amide bonds. The molecular formula is C21H16N4O5. The fourth-order valence-electron chi connectivity index (χ4n) is 2.94. The maximum absolute atomic E-state index is 12.5. The number of nitrogens with zero attached hydrogens (tertiary/aromatic N) is 1. The summed E-state index contributed by atoms with van der Waals surface area (Å²) in [4.78, 5) is 48.9. The first-order valence-corrected chi connectivity index (χ1v) is 8.98. The van der Waals surface area contributed by atoms with E-state index in [1.54, 1.807) is 54.6 Å². The normalized spacial score (nSPS) is 10.7. The largest absolute Gasteiger partial charge is 0.459 e. The van der Waals surface area contributed by atoms with Gasteiger partial charge in [0.05, 0.1) is 17.0 Å². The smallest absolute Gasteiger partial charge is 0.291 e. The van der Waals surface area contributed by atoms with Crippen molar-refractivity contribution >= 4 is 34.0 Å². The Hall–Kier alpha value is -4.40. The highest BCUT2D eigenvalue weighted by Crippen LogP contribution is 2.15. The molecule has 4 rings (SSSR count). The molecule has 0 saturated carbocycles. The van der Waals surface area contributed by atoms with Gasteiger partial charge in [-0.3, -0.25) is 24.3 Å². The Bertz CT molecular complexity index is 1330. The third-order valence-corrected chi connectivity index (χ3v) is 4.36. The molecule has 0 aliphatic carbocycles. The van der Waals surface area contributed by atoms with Crippen LogP contribution in [0, 0.1) is 0 Å². The molecule has 2 heterocycles. The molecule has 4 aromatic rings. The van der Waals surface area contributed by atoms with Crippen molar-refractivity contribution in [1.29, 1.82) is 0 Å². The van der Waals surface area contributed by atoms with E-state index in [1.165, 1.54) is 12.3 Å². The van der Waals surface area contributed by atoms with Crippen LogP contribution in [0.25, 0.3) is 10.8 Å². The van der Waals surface area contributed by atoms with Crippen LogP contribution in [0.2, 0.25) is 0 Å². The second-order valence-electron chi connectivity index (χ2n) is 6.43. The number of benzene rings is 2. The average molecular weight is 404 g/mol. The standard InChI is InChI=1S/C21H16N4O5/c26-18(12-25-21(29)16-5-2-1-4-15(16)19(27)24-25)22-13-7-9-14(10-8-13)23-20(28)17-6-3-11-30-17/h1-11H,12H2,(H,22,26)(H,23,28)(H,24,27). The zero-order valence-electron chi connectivity index (χ0n) is 15.5. The Morgan fingerprint density at radius 1 is 0.867 bits per heavy atom. The number of anilines is 2. The lowest BCUT2D eigenvalue weighted by atomic mass is 10.2. The highest BCUT2D eigenvalue weighted by molar-refractivity contribution is 6.02. The van der Waals surface area contributed by atoms with Crippen molar-refractivity contribution in [2.24, 2.45) is 0 Å². The highest BCUT2D eigenvalue weighted by atomic mass is 16.3. The van der Waals surface area contributed by atoms with Gasteiger partial charge in [-0.05, 0) is 48.5 Å². The van der Waals surface area contributed by atoms with E-state index >= 15 is 0 Å². The van der Waals surface area contributed by atoms with Gasteiger partial charge in [-0.25, -0.2) is 4.68 Å². The number of hydrogen-bond acceptors (Lipinski definition) is 5. The number of aromatic amines is 1. The molecule has 0 spiro atoms. The van der Waals surface area contributed by atoms with E-state index in [0.29, 0.717) is 11.4 Å². The van der Waals surface area contributed by atoms with Crippen LogP contribution in [0.1, 0.15) is 10.6 Å². The van der Waals surface area contributed by atoms with Crippen LogP contribution in [0.5, 0.6) is 0 Å². The summed E-state index contributed by atoms with van der Waals surface area (Å²) in [5.74, 6) is -0.700. The molecule has 2 aromatic heterocycles. The summed E-state index contributed by atoms with van der Waals surface area (Å²) >= 11 is 0. The van der Waals surface area contributed by atoms with E-state index < -0.39 is 22.9 Å². The Morgan fingerprint density at radius 2 is 1.53 bits per heavy atom. The minimum absolute atomic E-state index is 0.183. The van der Waals surface area contributed by atoms with Crippen LogP contribution >= 0.6 is 0 Å². The van der Waals surface area contributed by atoms with Gasteiger partial charge < -0.3 is 15.1 Å². The maximum Gasteiger partial charge on any atom is 0.291 e. The first-order chi connectivity index (χ1) is 14.5. The molecule has 0 fully saturated rings. The Labute approximate surface area is 168 Å². The Kier molecular flexibility index (Phi) is 5.00. The lowest BCUT2D eigenvalue weighted by Gasteiger charge is -2.09. The Morgan fingerprint density at radius 3 is 2.20 bits per heavy atom. The number of amides is 2.